The lowest BCUT2D eigenvalue weighted by molar-refractivity contribution is 0.0991. The molecule has 31 heavy (non-hydrogen) atoms. The molecule has 0 aliphatic carbocycles. The maximum atomic E-state index is 13.9. The minimum absolute atomic E-state index is 0.0554. The summed E-state index contributed by atoms with van der Waals surface area (Å²) in [5, 5.41) is 6.95. The number of hydrogen-bond acceptors (Lipinski definition) is 5. The quantitative estimate of drug-likeness (QED) is 0.368. The van der Waals surface area contributed by atoms with E-state index in [9.17, 15) is 9.18 Å². The highest BCUT2D eigenvalue weighted by molar-refractivity contribution is 9.10. The Morgan fingerprint density at radius 1 is 1.19 bits per heavy atom. The fourth-order valence-electron chi connectivity index (χ4n) is 2.72. The molecule has 0 atom stereocenters. The summed E-state index contributed by atoms with van der Waals surface area (Å²) in [6, 6.07) is 15.0. The Hall–Kier alpha value is -3.17. The number of hydrogen-bond donors (Lipinski definition) is 1. The molecule has 2 aromatic heterocycles. The van der Waals surface area contributed by atoms with E-state index in [1.807, 2.05) is 24.3 Å². The van der Waals surface area contributed by atoms with Crippen molar-refractivity contribution in [2.24, 2.45) is 0 Å². The van der Waals surface area contributed by atoms with Crippen molar-refractivity contribution in [1.82, 2.24) is 14.8 Å². The normalized spacial score (nSPS) is 10.8. The molecule has 0 unspecified atom stereocenters. The number of amides is 1. The molecule has 10 heteroatoms. The van der Waals surface area contributed by atoms with E-state index in [1.165, 1.54) is 29.2 Å². The monoisotopic (exact) mass is 504 g/mol. The molecule has 0 aliphatic heterocycles. The first-order valence-electron chi connectivity index (χ1n) is 9.09. The molecular weight excluding hydrogens is 491 g/mol. The number of nitrogens with one attached hydrogen (secondary N) is 1. The van der Waals surface area contributed by atoms with Gasteiger partial charge in [0.25, 0.3) is 5.91 Å². The van der Waals surface area contributed by atoms with Crippen LogP contribution in [0.5, 0.6) is 5.75 Å². The number of para-hydroxylation sites is 1. The summed E-state index contributed by atoms with van der Waals surface area (Å²) < 4.78 is 27.3. The van der Waals surface area contributed by atoms with E-state index in [4.69, 9.17) is 20.8 Å². The van der Waals surface area contributed by atoms with E-state index in [-0.39, 0.29) is 35.4 Å². The Balaban J connectivity index is 1.36. The second-order valence-corrected chi connectivity index (χ2v) is 7.67. The van der Waals surface area contributed by atoms with Crippen molar-refractivity contribution >= 4 is 39.4 Å². The second kappa shape index (κ2) is 9.32. The van der Waals surface area contributed by atoms with Gasteiger partial charge in [-0.25, -0.2) is 14.1 Å². The van der Waals surface area contributed by atoms with Crippen molar-refractivity contribution in [2.45, 2.75) is 13.2 Å². The van der Waals surface area contributed by atoms with Crippen LogP contribution in [0.2, 0.25) is 5.02 Å². The van der Waals surface area contributed by atoms with E-state index in [2.05, 4.69) is 31.3 Å². The van der Waals surface area contributed by atoms with Gasteiger partial charge in [-0.1, -0.05) is 29.8 Å². The molecule has 0 fully saturated rings. The van der Waals surface area contributed by atoms with Crippen molar-refractivity contribution in [3.05, 3.63) is 93.3 Å². The Morgan fingerprint density at radius 3 is 2.84 bits per heavy atom. The number of carbonyl (C=O) groups is 1. The van der Waals surface area contributed by atoms with Crippen LogP contribution in [0.15, 0.2) is 69.8 Å². The summed E-state index contributed by atoms with van der Waals surface area (Å²) in [7, 11) is 0. The Morgan fingerprint density at radius 2 is 2.03 bits per heavy atom. The number of anilines is 1. The zero-order valence-corrected chi connectivity index (χ0v) is 18.2. The van der Waals surface area contributed by atoms with Crippen molar-refractivity contribution in [2.75, 3.05) is 5.32 Å². The number of halogens is 3. The Kier molecular flexibility index (Phi) is 6.34. The molecule has 1 N–H and O–H groups in total. The van der Waals surface area contributed by atoms with Gasteiger partial charge in [0.15, 0.2) is 5.76 Å². The lowest BCUT2D eigenvalue weighted by Gasteiger charge is -2.06. The van der Waals surface area contributed by atoms with Gasteiger partial charge >= 0.3 is 0 Å². The Bertz CT molecular complexity index is 1210. The number of carbonyl (C=O) groups excluding carboxylic acids is 1. The predicted octanol–water partition coefficient (Wildman–Crippen LogP) is 5.31. The van der Waals surface area contributed by atoms with Crippen molar-refractivity contribution in [3.8, 4) is 5.75 Å². The van der Waals surface area contributed by atoms with Gasteiger partial charge in [-0.3, -0.25) is 10.1 Å². The van der Waals surface area contributed by atoms with Crippen molar-refractivity contribution < 1.29 is 18.3 Å². The van der Waals surface area contributed by atoms with Gasteiger partial charge in [0.1, 0.15) is 30.3 Å². The van der Waals surface area contributed by atoms with Gasteiger partial charge in [-0.05, 0) is 52.3 Å². The van der Waals surface area contributed by atoms with Gasteiger partial charge in [-0.15, -0.1) is 5.10 Å². The molecule has 158 valence electrons. The number of ether oxygens (including phenoxy) is 1. The molecule has 4 aromatic rings. The summed E-state index contributed by atoms with van der Waals surface area (Å²) in [5.41, 5.74) is 0.285. The molecule has 1 amide bonds. The third kappa shape index (κ3) is 5.12. The number of rotatable bonds is 7. The van der Waals surface area contributed by atoms with Gasteiger partial charge < -0.3 is 9.15 Å². The van der Waals surface area contributed by atoms with Crippen LogP contribution < -0.4 is 10.1 Å². The van der Waals surface area contributed by atoms with Crippen LogP contribution in [-0.2, 0) is 13.2 Å². The molecule has 7 nitrogen and oxygen atoms in total. The van der Waals surface area contributed by atoms with Crippen molar-refractivity contribution in [1.29, 1.82) is 0 Å². The van der Waals surface area contributed by atoms with Crippen LogP contribution >= 0.6 is 27.5 Å². The molecular formula is C21H15BrClFN4O3. The molecule has 0 saturated carbocycles. The van der Waals surface area contributed by atoms with Crippen LogP contribution in [0.4, 0.5) is 10.3 Å². The van der Waals surface area contributed by atoms with Crippen LogP contribution in [0.1, 0.15) is 21.9 Å². The number of nitrogens with zero attached hydrogens (tertiary/aromatic N) is 3. The van der Waals surface area contributed by atoms with Gasteiger partial charge in [-0.2, -0.15) is 0 Å². The highest BCUT2D eigenvalue weighted by atomic mass is 79.9. The first kappa shape index (κ1) is 21.1. The highest BCUT2D eigenvalue weighted by Crippen LogP contribution is 2.25. The van der Waals surface area contributed by atoms with Gasteiger partial charge in [0, 0.05) is 10.6 Å². The number of furan rings is 1. The third-order valence-electron chi connectivity index (χ3n) is 4.24. The SMILES string of the molecule is O=C(Nc1ncn(Cc2c(F)cccc2Cl)n1)c1ccc(COc2ccccc2Br)o1. The third-order valence-corrected chi connectivity index (χ3v) is 5.24. The zero-order valence-electron chi connectivity index (χ0n) is 15.9. The average Bonchev–Trinajstić information content (AvgIpc) is 3.40. The second-order valence-electron chi connectivity index (χ2n) is 6.41. The molecule has 2 aromatic carbocycles. The topological polar surface area (TPSA) is 82.2 Å². The molecule has 0 spiro atoms. The first-order chi connectivity index (χ1) is 15.0. The smallest absolute Gasteiger partial charge is 0.293 e. The Labute approximate surface area is 189 Å². The van der Waals surface area contributed by atoms with Crippen LogP contribution in [0.3, 0.4) is 0 Å². The fraction of sp³-hybridized carbons (Fsp3) is 0.0952. The molecule has 2 heterocycles. The lowest BCUT2D eigenvalue weighted by Crippen LogP contribution is -2.13. The average molecular weight is 506 g/mol. The molecule has 0 bridgehead atoms. The maximum Gasteiger partial charge on any atom is 0.293 e. The molecule has 0 aliphatic rings. The van der Waals surface area contributed by atoms with Crippen LogP contribution in [-0.4, -0.2) is 20.7 Å². The lowest BCUT2D eigenvalue weighted by atomic mass is 10.2. The zero-order chi connectivity index (χ0) is 21.8. The van der Waals surface area contributed by atoms with Gasteiger partial charge in [0.05, 0.1) is 11.0 Å². The fourth-order valence-corrected chi connectivity index (χ4v) is 3.35. The van der Waals surface area contributed by atoms with Crippen molar-refractivity contribution in [3.63, 3.8) is 0 Å². The molecule has 0 radical (unpaired) electrons. The number of benzene rings is 2. The van der Waals surface area contributed by atoms with E-state index in [0.717, 1.165) is 4.47 Å². The first-order valence-corrected chi connectivity index (χ1v) is 10.3. The van der Waals surface area contributed by atoms with E-state index in [1.54, 1.807) is 12.1 Å². The summed E-state index contributed by atoms with van der Waals surface area (Å²) in [6.45, 7) is 0.234. The largest absolute Gasteiger partial charge is 0.484 e. The van der Waals surface area contributed by atoms with Crippen LogP contribution in [0.25, 0.3) is 0 Å². The van der Waals surface area contributed by atoms with Gasteiger partial charge in [0.2, 0.25) is 5.95 Å². The highest BCUT2D eigenvalue weighted by Gasteiger charge is 2.15. The minimum atomic E-state index is -0.520. The maximum absolute atomic E-state index is 13.9. The van der Waals surface area contributed by atoms with E-state index in [0.29, 0.717) is 11.5 Å². The number of aromatic nitrogens is 3. The van der Waals surface area contributed by atoms with Crippen LogP contribution in [0, 0.1) is 5.82 Å². The summed E-state index contributed by atoms with van der Waals surface area (Å²) in [6.07, 6.45) is 1.37. The summed E-state index contributed by atoms with van der Waals surface area (Å²) in [4.78, 5) is 16.4. The molecule has 0 saturated heterocycles. The van der Waals surface area contributed by atoms with E-state index >= 15 is 0 Å². The molecule has 4 rings (SSSR count). The minimum Gasteiger partial charge on any atom is -0.484 e. The van der Waals surface area contributed by atoms with E-state index < -0.39 is 11.7 Å². The standard InChI is InChI=1S/C21H15BrClFN4O3/c22-15-4-1-2-7-18(15)30-11-13-8-9-19(31-13)20(29)26-21-25-12-28(27-21)10-14-16(23)5-3-6-17(14)24/h1-9,12H,10-11H2,(H,26,27,29). The summed E-state index contributed by atoms with van der Waals surface area (Å²) in [5.74, 6) is 0.317. The summed E-state index contributed by atoms with van der Waals surface area (Å²) >= 11 is 9.43. The predicted molar refractivity (Wildman–Crippen MR) is 116 cm³/mol.